The summed E-state index contributed by atoms with van der Waals surface area (Å²) in [6.45, 7) is 11.4. The zero-order valence-corrected chi connectivity index (χ0v) is 15.1. The number of benzene rings is 2. The maximum absolute atomic E-state index is 3.69. The van der Waals surface area contributed by atoms with Crippen LogP contribution >= 0.6 is 0 Å². The van der Waals surface area contributed by atoms with E-state index in [0.29, 0.717) is 12.0 Å². The molecule has 2 atom stereocenters. The van der Waals surface area contributed by atoms with E-state index in [1.54, 1.807) is 0 Å². The van der Waals surface area contributed by atoms with Crippen molar-refractivity contribution in [3.8, 4) is 0 Å². The van der Waals surface area contributed by atoms with Gasteiger partial charge >= 0.3 is 0 Å². The van der Waals surface area contributed by atoms with E-state index in [2.05, 4.69) is 82.4 Å². The fourth-order valence-electron chi connectivity index (χ4n) is 3.34. The number of fused-ring (bicyclic) bond motifs is 1. The molecule has 2 aromatic carbocycles. The molecule has 2 aromatic rings. The molecule has 0 spiro atoms. The highest BCUT2D eigenvalue weighted by Crippen LogP contribution is 2.36. The fourth-order valence-corrected chi connectivity index (χ4v) is 3.34. The third kappa shape index (κ3) is 3.29. The first-order valence-electron chi connectivity index (χ1n) is 8.88. The topological polar surface area (TPSA) is 12.0 Å². The summed E-state index contributed by atoms with van der Waals surface area (Å²) in [7, 11) is 0. The van der Waals surface area contributed by atoms with E-state index < -0.39 is 0 Å². The van der Waals surface area contributed by atoms with Crippen LogP contribution in [0.1, 0.15) is 75.3 Å². The molecular formula is C22H29N. The highest BCUT2D eigenvalue weighted by Gasteiger charge is 2.23. The maximum atomic E-state index is 3.69. The van der Waals surface area contributed by atoms with Crippen LogP contribution in [-0.4, -0.2) is 0 Å². The lowest BCUT2D eigenvalue weighted by Gasteiger charge is -2.20. The van der Waals surface area contributed by atoms with E-state index >= 15 is 0 Å². The zero-order chi connectivity index (χ0) is 16.6. The Morgan fingerprint density at radius 1 is 1.09 bits per heavy atom. The minimum absolute atomic E-state index is 0.218. The van der Waals surface area contributed by atoms with Crippen LogP contribution in [0.25, 0.3) is 0 Å². The number of rotatable bonds is 3. The molecule has 1 aliphatic rings. The van der Waals surface area contributed by atoms with Crippen LogP contribution in [0.2, 0.25) is 0 Å². The van der Waals surface area contributed by atoms with Gasteiger partial charge in [-0.25, -0.2) is 0 Å². The van der Waals surface area contributed by atoms with Crippen molar-refractivity contribution in [3.05, 3.63) is 64.7 Å². The van der Waals surface area contributed by atoms with Gasteiger partial charge in [0.1, 0.15) is 0 Å². The molecular weight excluding hydrogens is 278 g/mol. The van der Waals surface area contributed by atoms with E-state index in [4.69, 9.17) is 0 Å². The summed E-state index contributed by atoms with van der Waals surface area (Å²) < 4.78 is 0. The molecule has 0 radical (unpaired) electrons. The molecule has 1 heteroatoms. The van der Waals surface area contributed by atoms with Gasteiger partial charge in [-0.15, -0.1) is 0 Å². The van der Waals surface area contributed by atoms with Crippen LogP contribution in [0.15, 0.2) is 42.5 Å². The van der Waals surface area contributed by atoms with Crippen LogP contribution in [-0.2, 0) is 11.8 Å². The van der Waals surface area contributed by atoms with Crippen molar-refractivity contribution in [2.45, 2.75) is 64.8 Å². The van der Waals surface area contributed by atoms with Crippen molar-refractivity contribution >= 4 is 5.69 Å². The Morgan fingerprint density at radius 3 is 2.39 bits per heavy atom. The summed E-state index contributed by atoms with van der Waals surface area (Å²) in [5.41, 5.74) is 7.25. The second-order valence-electron chi connectivity index (χ2n) is 8.00. The minimum atomic E-state index is 0.218. The largest absolute Gasteiger partial charge is 0.378 e. The predicted molar refractivity (Wildman–Crippen MR) is 100 cm³/mol. The van der Waals surface area contributed by atoms with Gasteiger partial charge in [0.25, 0.3) is 0 Å². The maximum Gasteiger partial charge on any atom is 0.0555 e. The quantitative estimate of drug-likeness (QED) is 0.711. The standard InChI is InChI=1S/C22H29N/c1-6-15(2)17-9-12-20-18(13-17)14-21(23-20)16-7-10-19(11-8-16)22(3,4)5/h7-13,15,21,23H,6,14H2,1-5H3. The smallest absolute Gasteiger partial charge is 0.0555 e. The molecule has 0 bridgehead atoms. The molecule has 1 heterocycles. The van der Waals surface area contributed by atoms with Crippen LogP contribution < -0.4 is 5.32 Å². The van der Waals surface area contributed by atoms with E-state index in [9.17, 15) is 0 Å². The second kappa shape index (κ2) is 6.03. The summed E-state index contributed by atoms with van der Waals surface area (Å²) in [5, 5.41) is 3.69. The Kier molecular flexibility index (Phi) is 4.23. The fraction of sp³-hybridized carbons (Fsp3) is 0.455. The van der Waals surface area contributed by atoms with Gasteiger partial charge in [-0.3, -0.25) is 0 Å². The zero-order valence-electron chi connectivity index (χ0n) is 15.1. The Labute approximate surface area is 141 Å². The highest BCUT2D eigenvalue weighted by atomic mass is 14.9. The third-order valence-corrected chi connectivity index (χ3v) is 5.24. The molecule has 0 saturated carbocycles. The first kappa shape index (κ1) is 16.1. The normalized spacial score (nSPS) is 18.4. The summed E-state index contributed by atoms with van der Waals surface area (Å²) in [6.07, 6.45) is 2.29. The molecule has 1 nitrogen and oxygen atoms in total. The average Bonchev–Trinajstić information content (AvgIpc) is 2.96. The molecule has 0 aromatic heterocycles. The van der Waals surface area contributed by atoms with E-state index in [0.717, 1.165) is 6.42 Å². The van der Waals surface area contributed by atoms with Gasteiger partial charge in [0.05, 0.1) is 6.04 Å². The molecule has 23 heavy (non-hydrogen) atoms. The van der Waals surface area contributed by atoms with Crippen molar-refractivity contribution in [2.75, 3.05) is 5.32 Å². The second-order valence-corrected chi connectivity index (χ2v) is 8.00. The molecule has 1 aliphatic heterocycles. The lowest BCUT2D eigenvalue weighted by atomic mass is 9.86. The van der Waals surface area contributed by atoms with Gasteiger partial charge in [-0.2, -0.15) is 0 Å². The van der Waals surface area contributed by atoms with Crippen LogP contribution in [0.3, 0.4) is 0 Å². The van der Waals surface area contributed by atoms with Crippen LogP contribution in [0.4, 0.5) is 5.69 Å². The average molecular weight is 307 g/mol. The monoisotopic (exact) mass is 307 g/mol. The summed E-state index contributed by atoms with van der Waals surface area (Å²) in [5.74, 6) is 0.644. The Hall–Kier alpha value is -1.76. The van der Waals surface area contributed by atoms with Gasteiger partial charge in [0.2, 0.25) is 0 Å². The van der Waals surface area contributed by atoms with Gasteiger partial charge in [0.15, 0.2) is 0 Å². The molecule has 2 unspecified atom stereocenters. The SMILES string of the molecule is CCC(C)c1ccc2c(c1)CC(c1ccc(C(C)(C)C)cc1)N2. The summed E-state index contributed by atoms with van der Waals surface area (Å²) >= 11 is 0. The lowest BCUT2D eigenvalue weighted by molar-refractivity contribution is 0.589. The summed E-state index contributed by atoms with van der Waals surface area (Å²) in [6, 6.07) is 16.5. The minimum Gasteiger partial charge on any atom is -0.378 e. The lowest BCUT2D eigenvalue weighted by Crippen LogP contribution is -2.12. The Balaban J connectivity index is 1.79. The molecule has 1 N–H and O–H groups in total. The van der Waals surface area contributed by atoms with Crippen LogP contribution in [0.5, 0.6) is 0 Å². The van der Waals surface area contributed by atoms with Crippen molar-refractivity contribution in [1.82, 2.24) is 0 Å². The van der Waals surface area contributed by atoms with Crippen molar-refractivity contribution < 1.29 is 0 Å². The molecule has 122 valence electrons. The van der Waals surface area contributed by atoms with Gasteiger partial charge in [-0.1, -0.05) is 71.0 Å². The Morgan fingerprint density at radius 2 is 1.78 bits per heavy atom. The van der Waals surface area contributed by atoms with Crippen molar-refractivity contribution in [1.29, 1.82) is 0 Å². The van der Waals surface area contributed by atoms with E-state index in [1.165, 1.54) is 34.4 Å². The highest BCUT2D eigenvalue weighted by molar-refractivity contribution is 5.59. The van der Waals surface area contributed by atoms with Crippen molar-refractivity contribution in [3.63, 3.8) is 0 Å². The van der Waals surface area contributed by atoms with Gasteiger partial charge < -0.3 is 5.32 Å². The molecule has 3 rings (SSSR count). The molecule has 0 aliphatic carbocycles. The van der Waals surface area contributed by atoms with Crippen molar-refractivity contribution in [2.24, 2.45) is 0 Å². The Bertz CT molecular complexity index is 676. The van der Waals surface area contributed by atoms with E-state index in [-0.39, 0.29) is 5.41 Å². The number of hydrogen-bond acceptors (Lipinski definition) is 1. The summed E-state index contributed by atoms with van der Waals surface area (Å²) in [4.78, 5) is 0. The molecule has 0 amide bonds. The van der Waals surface area contributed by atoms with Crippen LogP contribution in [0, 0.1) is 0 Å². The molecule has 0 fully saturated rings. The predicted octanol–water partition coefficient (Wildman–Crippen LogP) is 6.21. The van der Waals surface area contributed by atoms with E-state index in [1.807, 2.05) is 0 Å². The molecule has 0 saturated heterocycles. The first-order chi connectivity index (χ1) is 10.9. The first-order valence-corrected chi connectivity index (χ1v) is 8.88. The van der Waals surface area contributed by atoms with Gasteiger partial charge in [0, 0.05) is 5.69 Å². The number of anilines is 1. The third-order valence-electron chi connectivity index (χ3n) is 5.24. The number of hydrogen-bond donors (Lipinski definition) is 1. The van der Waals surface area contributed by atoms with Gasteiger partial charge in [-0.05, 0) is 52.5 Å². The number of nitrogens with one attached hydrogen (secondary N) is 1.